The Morgan fingerprint density at radius 3 is 1.88 bits per heavy atom. The smallest absolute Gasteiger partial charge is 0.0903 e. The molecule has 0 aliphatic heterocycles. The number of aliphatic hydroxyl groups excluding tert-OH is 1. The number of hydrogen-bond donors (Lipinski definition) is 2. The summed E-state index contributed by atoms with van der Waals surface area (Å²) in [5.74, 6) is 0. The first kappa shape index (κ1) is 14.2. The van der Waals surface area contributed by atoms with Gasteiger partial charge in [0.05, 0.1) is 11.7 Å². The van der Waals surface area contributed by atoms with Gasteiger partial charge in [-0.05, 0) is 30.4 Å². The molecule has 0 bridgehead atoms. The number of rotatable bonds is 6. The van der Waals surface area contributed by atoms with Gasteiger partial charge in [0.1, 0.15) is 0 Å². The summed E-state index contributed by atoms with van der Waals surface area (Å²) in [7, 11) is 0. The minimum absolute atomic E-state index is 0.516. The van der Waals surface area contributed by atoms with Gasteiger partial charge in [-0.3, -0.25) is 0 Å². The topological polar surface area (TPSA) is 40.5 Å². The van der Waals surface area contributed by atoms with Gasteiger partial charge >= 0.3 is 0 Å². The molecule has 0 radical (unpaired) electrons. The molecule has 0 fully saturated rings. The maximum Gasteiger partial charge on any atom is 0.0903 e. The van der Waals surface area contributed by atoms with E-state index in [1.54, 1.807) is 0 Å². The quantitative estimate of drug-likeness (QED) is 0.797. The van der Waals surface area contributed by atoms with Crippen LogP contribution in [0.4, 0.5) is 0 Å². The Hall–Kier alpha value is -0.860. The Bertz CT molecular complexity index is 325. The lowest BCUT2D eigenvalue weighted by molar-refractivity contribution is -0.0790. The molecule has 1 atom stereocenters. The first-order chi connectivity index (χ1) is 8.05. The fourth-order valence-electron chi connectivity index (χ4n) is 2.05. The molecule has 96 valence electrons. The fourth-order valence-corrected chi connectivity index (χ4v) is 2.05. The van der Waals surface area contributed by atoms with Crippen molar-refractivity contribution in [1.82, 2.24) is 0 Å². The van der Waals surface area contributed by atoms with Crippen LogP contribution in [0.5, 0.6) is 0 Å². The van der Waals surface area contributed by atoms with E-state index >= 15 is 0 Å². The van der Waals surface area contributed by atoms with Crippen molar-refractivity contribution >= 4 is 0 Å². The average molecular weight is 236 g/mol. The van der Waals surface area contributed by atoms with Crippen LogP contribution >= 0.6 is 0 Å². The van der Waals surface area contributed by atoms with Crippen LogP contribution in [-0.2, 0) is 12.8 Å². The highest BCUT2D eigenvalue weighted by Gasteiger charge is 2.31. The van der Waals surface area contributed by atoms with E-state index in [4.69, 9.17) is 0 Å². The fraction of sp³-hybridized carbons (Fsp3) is 0.600. The first-order valence-corrected chi connectivity index (χ1v) is 6.54. The third-order valence-electron chi connectivity index (χ3n) is 3.71. The monoisotopic (exact) mass is 236 g/mol. The zero-order valence-corrected chi connectivity index (χ0v) is 11.1. The molecule has 1 aromatic carbocycles. The minimum Gasteiger partial charge on any atom is -0.390 e. The van der Waals surface area contributed by atoms with Crippen molar-refractivity contribution in [2.45, 2.75) is 58.2 Å². The first-order valence-electron chi connectivity index (χ1n) is 6.54. The van der Waals surface area contributed by atoms with Crippen LogP contribution in [0.1, 0.15) is 44.7 Å². The summed E-state index contributed by atoms with van der Waals surface area (Å²) in [5.41, 5.74) is 1.42. The summed E-state index contributed by atoms with van der Waals surface area (Å²) in [6.45, 7) is 5.94. The highest BCUT2D eigenvalue weighted by molar-refractivity contribution is 5.23. The van der Waals surface area contributed by atoms with E-state index in [-0.39, 0.29) is 0 Å². The predicted octanol–water partition coefficient (Wildman–Crippen LogP) is 2.70. The molecule has 1 unspecified atom stereocenters. The molecule has 0 aliphatic carbocycles. The molecule has 2 nitrogen and oxygen atoms in total. The Morgan fingerprint density at radius 2 is 1.47 bits per heavy atom. The third kappa shape index (κ3) is 3.55. The Kier molecular flexibility index (Phi) is 5.16. The molecule has 0 saturated heterocycles. The number of hydrogen-bond acceptors (Lipinski definition) is 2. The summed E-state index contributed by atoms with van der Waals surface area (Å²) in [5, 5.41) is 20.3. The molecule has 1 aromatic rings. The lowest BCUT2D eigenvalue weighted by Gasteiger charge is -2.31. The van der Waals surface area contributed by atoms with Crippen molar-refractivity contribution in [3.63, 3.8) is 0 Å². The molecule has 0 aliphatic rings. The summed E-state index contributed by atoms with van der Waals surface area (Å²) in [4.78, 5) is 0. The van der Waals surface area contributed by atoms with Crippen molar-refractivity contribution in [3.05, 3.63) is 35.4 Å². The van der Waals surface area contributed by atoms with E-state index in [0.717, 1.165) is 12.0 Å². The normalized spacial score (nSPS) is 13.7. The van der Waals surface area contributed by atoms with Crippen molar-refractivity contribution < 1.29 is 10.2 Å². The molecule has 0 aromatic heterocycles. The second-order valence-electron chi connectivity index (χ2n) is 4.70. The van der Waals surface area contributed by atoms with Crippen LogP contribution in [0.3, 0.4) is 0 Å². The van der Waals surface area contributed by atoms with Crippen LogP contribution < -0.4 is 0 Å². The molecular weight excluding hydrogens is 212 g/mol. The van der Waals surface area contributed by atoms with Crippen LogP contribution in [0.15, 0.2) is 24.3 Å². The number of aliphatic hydroxyl groups is 2. The predicted molar refractivity (Wildman–Crippen MR) is 71.1 cm³/mol. The number of benzene rings is 1. The zero-order chi connectivity index (χ0) is 12.9. The van der Waals surface area contributed by atoms with Gasteiger partial charge in [0.2, 0.25) is 0 Å². The maximum atomic E-state index is 10.2. The molecule has 0 saturated carbocycles. The summed E-state index contributed by atoms with van der Waals surface area (Å²) < 4.78 is 0. The van der Waals surface area contributed by atoms with Gasteiger partial charge in [-0.2, -0.15) is 0 Å². The van der Waals surface area contributed by atoms with E-state index in [2.05, 4.69) is 19.1 Å². The highest BCUT2D eigenvalue weighted by Crippen LogP contribution is 2.22. The molecule has 0 spiro atoms. The second-order valence-corrected chi connectivity index (χ2v) is 4.70. The van der Waals surface area contributed by atoms with Gasteiger partial charge < -0.3 is 10.2 Å². The van der Waals surface area contributed by atoms with E-state index < -0.39 is 11.7 Å². The molecular formula is C15H24O2. The molecule has 2 N–H and O–H groups in total. The summed E-state index contributed by atoms with van der Waals surface area (Å²) in [6.07, 6.45) is 2.01. The van der Waals surface area contributed by atoms with Crippen LogP contribution in [-0.4, -0.2) is 21.9 Å². The minimum atomic E-state index is -0.955. The van der Waals surface area contributed by atoms with Crippen LogP contribution in [0.2, 0.25) is 0 Å². The zero-order valence-electron chi connectivity index (χ0n) is 11.1. The van der Waals surface area contributed by atoms with Crippen molar-refractivity contribution in [2.75, 3.05) is 0 Å². The van der Waals surface area contributed by atoms with E-state index in [0.29, 0.717) is 19.3 Å². The average Bonchev–Trinajstić information content (AvgIpc) is 2.38. The molecule has 0 amide bonds. The largest absolute Gasteiger partial charge is 0.390 e. The summed E-state index contributed by atoms with van der Waals surface area (Å²) >= 11 is 0. The van der Waals surface area contributed by atoms with Gasteiger partial charge in [-0.25, -0.2) is 0 Å². The SMILES string of the molecule is CCc1ccc(CC(O)C(O)(CC)CC)cc1. The van der Waals surface area contributed by atoms with E-state index in [9.17, 15) is 10.2 Å². The van der Waals surface area contributed by atoms with Crippen molar-refractivity contribution in [1.29, 1.82) is 0 Å². The van der Waals surface area contributed by atoms with Crippen molar-refractivity contribution in [3.8, 4) is 0 Å². The summed E-state index contributed by atoms with van der Waals surface area (Å²) in [6, 6.07) is 8.24. The van der Waals surface area contributed by atoms with Gasteiger partial charge in [-0.15, -0.1) is 0 Å². The second kappa shape index (κ2) is 6.18. The lowest BCUT2D eigenvalue weighted by Crippen LogP contribution is -2.42. The molecule has 1 rings (SSSR count). The standard InChI is InChI=1S/C15H24O2/c1-4-12-7-9-13(10-8-12)11-14(16)15(17,5-2)6-3/h7-10,14,16-17H,4-6,11H2,1-3H3. The van der Waals surface area contributed by atoms with Crippen LogP contribution in [0.25, 0.3) is 0 Å². The third-order valence-corrected chi connectivity index (χ3v) is 3.71. The Labute approximate surface area is 104 Å². The van der Waals surface area contributed by atoms with Crippen molar-refractivity contribution in [2.24, 2.45) is 0 Å². The molecule has 2 heteroatoms. The Balaban J connectivity index is 2.69. The van der Waals surface area contributed by atoms with E-state index in [1.165, 1.54) is 5.56 Å². The van der Waals surface area contributed by atoms with Gasteiger partial charge in [0, 0.05) is 6.42 Å². The highest BCUT2D eigenvalue weighted by atomic mass is 16.3. The Morgan fingerprint density at radius 1 is 1.00 bits per heavy atom. The van der Waals surface area contributed by atoms with Gasteiger partial charge in [0.25, 0.3) is 0 Å². The number of aryl methyl sites for hydroxylation is 1. The van der Waals surface area contributed by atoms with E-state index in [1.807, 2.05) is 26.0 Å². The molecule has 0 heterocycles. The van der Waals surface area contributed by atoms with Crippen LogP contribution in [0, 0.1) is 0 Å². The van der Waals surface area contributed by atoms with Gasteiger partial charge in [-0.1, -0.05) is 45.0 Å². The van der Waals surface area contributed by atoms with Gasteiger partial charge in [0.15, 0.2) is 0 Å². The lowest BCUT2D eigenvalue weighted by atomic mass is 9.87. The maximum absolute atomic E-state index is 10.2. The molecule has 17 heavy (non-hydrogen) atoms.